The first-order valence-corrected chi connectivity index (χ1v) is 7.78. The van der Waals surface area contributed by atoms with Crippen molar-refractivity contribution in [1.82, 2.24) is 15.1 Å². The minimum atomic E-state index is -2.81. The number of halogens is 2. The normalized spacial score (nSPS) is 18.8. The molecule has 1 unspecified atom stereocenters. The van der Waals surface area contributed by atoms with E-state index >= 15 is 0 Å². The summed E-state index contributed by atoms with van der Waals surface area (Å²) >= 11 is 0. The van der Waals surface area contributed by atoms with Gasteiger partial charge in [0.05, 0.1) is 24.1 Å². The molecule has 2 heterocycles. The Balaban J connectivity index is 1.61. The predicted molar refractivity (Wildman–Crippen MR) is 83.8 cm³/mol. The highest BCUT2D eigenvalue weighted by Crippen LogP contribution is 2.25. The van der Waals surface area contributed by atoms with Crippen molar-refractivity contribution in [1.29, 1.82) is 0 Å². The monoisotopic (exact) mass is 335 g/mol. The van der Waals surface area contributed by atoms with Crippen LogP contribution in [0.2, 0.25) is 0 Å². The fraction of sp³-hybridized carbons (Fsp3) is 0.412. The number of hydrogen-bond donors (Lipinski definition) is 0. The Hall–Kier alpha value is -2.12. The Morgan fingerprint density at radius 1 is 1.21 bits per heavy atom. The van der Waals surface area contributed by atoms with Crippen LogP contribution in [0.25, 0.3) is 0 Å². The van der Waals surface area contributed by atoms with Gasteiger partial charge < -0.3 is 9.47 Å². The molecular formula is C17H19F2N3O2. The van der Waals surface area contributed by atoms with Gasteiger partial charge in [0, 0.05) is 19.6 Å². The fourth-order valence-electron chi connectivity index (χ4n) is 2.65. The summed E-state index contributed by atoms with van der Waals surface area (Å²) in [5, 5.41) is 8.26. The Kier molecular flexibility index (Phi) is 5.32. The number of aryl methyl sites for hydroxylation is 1. The maximum atomic E-state index is 12.2. The van der Waals surface area contributed by atoms with Gasteiger partial charge in [-0.05, 0) is 36.8 Å². The standard InChI is InChI=1S/C17H19F2N3O2/c1-12-2-5-14(21-20-12)10-22-8-9-23-16(11-22)13-3-6-15(7-4-13)24-17(18)19/h2-7,16-17H,8-11H2,1H3. The van der Waals surface area contributed by atoms with Gasteiger partial charge in [0.1, 0.15) is 5.75 Å². The zero-order chi connectivity index (χ0) is 16.9. The Morgan fingerprint density at radius 2 is 2.00 bits per heavy atom. The van der Waals surface area contributed by atoms with Gasteiger partial charge in [-0.3, -0.25) is 4.90 Å². The average Bonchev–Trinajstić information content (AvgIpc) is 2.57. The second-order valence-corrected chi connectivity index (χ2v) is 5.71. The number of aromatic nitrogens is 2. The van der Waals surface area contributed by atoms with Gasteiger partial charge >= 0.3 is 6.61 Å². The molecule has 0 bridgehead atoms. The van der Waals surface area contributed by atoms with E-state index in [0.717, 1.165) is 23.5 Å². The number of nitrogens with zero attached hydrogens (tertiary/aromatic N) is 3. The molecule has 3 rings (SSSR count). The van der Waals surface area contributed by atoms with Crippen LogP contribution in [0.1, 0.15) is 23.1 Å². The molecule has 5 nitrogen and oxygen atoms in total. The molecule has 1 aliphatic rings. The number of morpholine rings is 1. The van der Waals surface area contributed by atoms with Gasteiger partial charge in [0.15, 0.2) is 0 Å². The highest BCUT2D eigenvalue weighted by Gasteiger charge is 2.22. The average molecular weight is 335 g/mol. The molecule has 7 heteroatoms. The first-order chi connectivity index (χ1) is 11.6. The third-order valence-corrected chi connectivity index (χ3v) is 3.87. The van der Waals surface area contributed by atoms with Crippen LogP contribution in [-0.2, 0) is 11.3 Å². The summed E-state index contributed by atoms with van der Waals surface area (Å²) < 4.78 is 34.6. The first kappa shape index (κ1) is 16.7. The molecular weight excluding hydrogens is 316 g/mol. The smallest absolute Gasteiger partial charge is 0.387 e. The topological polar surface area (TPSA) is 47.5 Å². The molecule has 1 fully saturated rings. The molecule has 2 aromatic rings. The van der Waals surface area contributed by atoms with E-state index in [9.17, 15) is 8.78 Å². The maximum Gasteiger partial charge on any atom is 0.387 e. The molecule has 1 aromatic carbocycles. The molecule has 1 aromatic heterocycles. The summed E-state index contributed by atoms with van der Waals surface area (Å²) in [6.07, 6.45) is -0.0993. The zero-order valence-electron chi connectivity index (χ0n) is 13.4. The van der Waals surface area contributed by atoms with E-state index in [1.165, 1.54) is 12.1 Å². The van der Waals surface area contributed by atoms with Crippen molar-refractivity contribution in [3.05, 3.63) is 53.3 Å². The van der Waals surface area contributed by atoms with Crippen LogP contribution >= 0.6 is 0 Å². The number of rotatable bonds is 5. The van der Waals surface area contributed by atoms with Crippen LogP contribution in [0.4, 0.5) is 8.78 Å². The summed E-state index contributed by atoms with van der Waals surface area (Å²) in [5.41, 5.74) is 2.75. The van der Waals surface area contributed by atoms with Crippen molar-refractivity contribution >= 4 is 0 Å². The quantitative estimate of drug-likeness (QED) is 0.841. The van der Waals surface area contributed by atoms with Gasteiger partial charge in [0.25, 0.3) is 0 Å². The van der Waals surface area contributed by atoms with Gasteiger partial charge in [-0.1, -0.05) is 12.1 Å². The number of hydrogen-bond acceptors (Lipinski definition) is 5. The number of alkyl halides is 2. The van der Waals surface area contributed by atoms with Crippen LogP contribution in [0, 0.1) is 6.92 Å². The highest BCUT2D eigenvalue weighted by atomic mass is 19.3. The zero-order valence-corrected chi connectivity index (χ0v) is 13.4. The van der Waals surface area contributed by atoms with Gasteiger partial charge in [-0.25, -0.2) is 0 Å². The predicted octanol–water partition coefficient (Wildman–Crippen LogP) is 2.96. The molecule has 0 spiro atoms. The van der Waals surface area contributed by atoms with E-state index in [4.69, 9.17) is 4.74 Å². The lowest BCUT2D eigenvalue weighted by Gasteiger charge is -2.32. The van der Waals surface area contributed by atoms with Crippen molar-refractivity contribution < 1.29 is 18.3 Å². The summed E-state index contributed by atoms with van der Waals surface area (Å²) in [7, 11) is 0. The molecule has 0 N–H and O–H groups in total. The molecule has 0 aliphatic carbocycles. The molecule has 128 valence electrons. The van der Waals surface area contributed by atoms with E-state index in [1.54, 1.807) is 12.1 Å². The van der Waals surface area contributed by atoms with Crippen molar-refractivity contribution in [3.63, 3.8) is 0 Å². The molecule has 0 amide bonds. The summed E-state index contributed by atoms with van der Waals surface area (Å²) in [5.74, 6) is 0.149. The summed E-state index contributed by atoms with van der Waals surface area (Å²) in [4.78, 5) is 2.25. The Labute approximate surface area is 139 Å². The van der Waals surface area contributed by atoms with Crippen LogP contribution < -0.4 is 4.74 Å². The van der Waals surface area contributed by atoms with E-state index in [-0.39, 0.29) is 11.9 Å². The van der Waals surface area contributed by atoms with Crippen molar-refractivity contribution in [2.24, 2.45) is 0 Å². The molecule has 24 heavy (non-hydrogen) atoms. The van der Waals surface area contributed by atoms with Gasteiger partial charge in [-0.15, -0.1) is 0 Å². The first-order valence-electron chi connectivity index (χ1n) is 7.78. The molecule has 0 saturated carbocycles. The van der Waals surface area contributed by atoms with Crippen molar-refractivity contribution in [2.75, 3.05) is 19.7 Å². The lowest BCUT2D eigenvalue weighted by Crippen LogP contribution is -2.38. The van der Waals surface area contributed by atoms with E-state index < -0.39 is 6.61 Å². The molecule has 1 saturated heterocycles. The number of benzene rings is 1. The van der Waals surface area contributed by atoms with Crippen LogP contribution in [-0.4, -0.2) is 41.4 Å². The molecule has 0 radical (unpaired) electrons. The lowest BCUT2D eigenvalue weighted by atomic mass is 10.1. The van der Waals surface area contributed by atoms with E-state index in [0.29, 0.717) is 19.7 Å². The summed E-state index contributed by atoms with van der Waals surface area (Å²) in [6, 6.07) is 10.5. The number of ether oxygens (including phenoxy) is 2. The van der Waals surface area contributed by atoms with Gasteiger partial charge in [-0.2, -0.15) is 19.0 Å². The Morgan fingerprint density at radius 3 is 2.67 bits per heavy atom. The van der Waals surface area contributed by atoms with E-state index in [2.05, 4.69) is 19.8 Å². The van der Waals surface area contributed by atoms with E-state index in [1.807, 2.05) is 19.1 Å². The summed E-state index contributed by atoms with van der Waals surface area (Å²) in [6.45, 7) is 1.94. The fourth-order valence-corrected chi connectivity index (χ4v) is 2.65. The SMILES string of the molecule is Cc1ccc(CN2CCOC(c3ccc(OC(F)F)cc3)C2)nn1. The van der Waals surface area contributed by atoms with Crippen molar-refractivity contribution in [2.45, 2.75) is 26.2 Å². The maximum absolute atomic E-state index is 12.2. The lowest BCUT2D eigenvalue weighted by molar-refractivity contribution is -0.0500. The van der Waals surface area contributed by atoms with Crippen LogP contribution in [0.3, 0.4) is 0 Å². The minimum absolute atomic E-state index is 0.0993. The molecule has 1 atom stereocenters. The van der Waals surface area contributed by atoms with Crippen LogP contribution in [0.15, 0.2) is 36.4 Å². The second-order valence-electron chi connectivity index (χ2n) is 5.71. The third-order valence-electron chi connectivity index (χ3n) is 3.87. The van der Waals surface area contributed by atoms with Crippen molar-refractivity contribution in [3.8, 4) is 5.75 Å². The Bertz CT molecular complexity index is 650. The minimum Gasteiger partial charge on any atom is -0.435 e. The highest BCUT2D eigenvalue weighted by molar-refractivity contribution is 5.29. The molecule has 1 aliphatic heterocycles. The third kappa shape index (κ3) is 4.46. The van der Waals surface area contributed by atoms with Gasteiger partial charge in [0.2, 0.25) is 0 Å². The second kappa shape index (κ2) is 7.63. The van der Waals surface area contributed by atoms with Crippen LogP contribution in [0.5, 0.6) is 5.75 Å². The largest absolute Gasteiger partial charge is 0.435 e.